The van der Waals surface area contributed by atoms with Gasteiger partial charge in [0.15, 0.2) is 5.75 Å². The molecular formula is C38H35N9O11S2. The summed E-state index contributed by atoms with van der Waals surface area (Å²) in [6, 6.07) is 23.8. The fourth-order valence-electron chi connectivity index (χ4n) is 5.68. The van der Waals surface area contributed by atoms with Crippen molar-refractivity contribution >= 4 is 82.2 Å². The molecule has 0 aliphatic carbocycles. The third kappa shape index (κ3) is 9.61. The van der Waals surface area contributed by atoms with Crippen LogP contribution in [0, 0.1) is 0 Å². The Hall–Kier alpha value is -7.08. The topological polar surface area (TPSA) is 340 Å². The Kier molecular flexibility index (Phi) is 12.6. The minimum absolute atomic E-state index is 0.0143. The van der Waals surface area contributed by atoms with Gasteiger partial charge in [0.05, 0.1) is 35.7 Å². The first kappa shape index (κ1) is 42.5. The molecule has 310 valence electrons. The molecule has 60 heavy (non-hydrogen) atoms. The molecule has 0 spiro atoms. The standard InChI is InChI=1S/C38H35N9O11S2/c39-24-8-11-27(26(40)20-24)43-44-28-9-6-21(16-30(28)57-14-12-48)22-7-10-29(31(17-22)58-15-13-49)45-46-36-32(59(51,52)53)18-23-19-33(60(54,55)56)37(38(50)34(23)35(36)41)47-42-25-4-2-1-3-5-25/h1-11,16-20,48-50H,12-15,39-41H2,(H,51,52,53)(H,54,55,56). The van der Waals surface area contributed by atoms with Gasteiger partial charge in [-0.1, -0.05) is 30.3 Å². The number of nitrogens with zero attached hydrogens (tertiary/aromatic N) is 6. The molecule has 20 nitrogen and oxygen atoms in total. The molecular weight excluding hydrogens is 823 g/mol. The third-order valence-corrected chi connectivity index (χ3v) is 10.2. The molecule has 0 heterocycles. The van der Waals surface area contributed by atoms with Gasteiger partial charge in [-0.3, -0.25) is 9.11 Å². The lowest BCUT2D eigenvalue weighted by Crippen LogP contribution is -2.04. The molecule has 0 unspecified atom stereocenters. The molecule has 0 fully saturated rings. The van der Waals surface area contributed by atoms with Crippen molar-refractivity contribution in [3.8, 4) is 28.4 Å². The number of fused-ring (bicyclic) bond motifs is 1. The van der Waals surface area contributed by atoms with Crippen LogP contribution in [0.15, 0.2) is 138 Å². The number of hydrogen-bond acceptors (Lipinski definition) is 18. The smallest absolute Gasteiger partial charge is 0.296 e. The predicted octanol–water partition coefficient (Wildman–Crippen LogP) is 7.44. The fraction of sp³-hybridized carbons (Fsp3) is 0.105. The highest BCUT2D eigenvalue weighted by atomic mass is 32.2. The number of nitrogen functional groups attached to an aromatic ring is 3. The number of azo groups is 3. The van der Waals surface area contributed by atoms with E-state index < -0.39 is 59.4 Å². The predicted molar refractivity (Wildman–Crippen MR) is 221 cm³/mol. The van der Waals surface area contributed by atoms with Crippen molar-refractivity contribution in [2.75, 3.05) is 43.6 Å². The van der Waals surface area contributed by atoms with Crippen LogP contribution >= 0.6 is 0 Å². The molecule has 0 saturated carbocycles. The van der Waals surface area contributed by atoms with E-state index in [2.05, 4.69) is 30.7 Å². The Morgan fingerprint density at radius 2 is 1.07 bits per heavy atom. The molecule has 22 heteroatoms. The summed E-state index contributed by atoms with van der Waals surface area (Å²) in [6.45, 7) is -0.972. The molecule has 0 aliphatic heterocycles. The van der Waals surface area contributed by atoms with Crippen LogP contribution in [-0.2, 0) is 20.2 Å². The highest BCUT2D eigenvalue weighted by Crippen LogP contribution is 2.49. The summed E-state index contributed by atoms with van der Waals surface area (Å²) in [7, 11) is -10.3. The van der Waals surface area contributed by atoms with Gasteiger partial charge in [-0.2, -0.15) is 21.9 Å². The number of aliphatic hydroxyl groups is 2. The molecule has 0 aromatic heterocycles. The van der Waals surface area contributed by atoms with Crippen LogP contribution in [0.4, 0.5) is 51.2 Å². The first-order valence-electron chi connectivity index (χ1n) is 17.4. The van der Waals surface area contributed by atoms with E-state index in [0.717, 1.165) is 12.1 Å². The Bertz CT molecular complexity index is 2910. The average Bonchev–Trinajstić information content (AvgIpc) is 3.20. The van der Waals surface area contributed by atoms with E-state index >= 15 is 0 Å². The molecule has 0 radical (unpaired) electrons. The number of aliphatic hydroxyl groups excluding tert-OH is 2. The van der Waals surface area contributed by atoms with Crippen molar-refractivity contribution in [1.82, 2.24) is 0 Å². The second-order valence-corrected chi connectivity index (χ2v) is 15.3. The maximum absolute atomic E-state index is 12.7. The van der Waals surface area contributed by atoms with Gasteiger partial charge >= 0.3 is 0 Å². The molecule has 0 amide bonds. The molecule has 6 aromatic rings. The van der Waals surface area contributed by atoms with Crippen LogP contribution in [0.3, 0.4) is 0 Å². The highest BCUT2D eigenvalue weighted by Gasteiger charge is 2.28. The fourth-order valence-corrected chi connectivity index (χ4v) is 7.01. The Labute approximate surface area is 341 Å². The van der Waals surface area contributed by atoms with Crippen molar-refractivity contribution in [2.45, 2.75) is 9.79 Å². The normalized spacial score (nSPS) is 12.3. The van der Waals surface area contributed by atoms with Gasteiger partial charge in [-0.25, -0.2) is 0 Å². The number of aromatic hydroxyl groups is 1. The second-order valence-electron chi connectivity index (χ2n) is 12.5. The maximum atomic E-state index is 12.7. The van der Waals surface area contributed by atoms with Crippen molar-refractivity contribution in [3.63, 3.8) is 0 Å². The Morgan fingerprint density at radius 1 is 0.567 bits per heavy atom. The molecule has 11 N–H and O–H groups in total. The Morgan fingerprint density at radius 3 is 1.60 bits per heavy atom. The van der Waals surface area contributed by atoms with Gasteiger partial charge in [-0.05, 0) is 83.2 Å². The zero-order valence-corrected chi connectivity index (χ0v) is 32.6. The summed E-state index contributed by atoms with van der Waals surface area (Å²) < 4.78 is 81.8. The number of benzene rings is 6. The molecule has 0 saturated heterocycles. The number of anilines is 3. The van der Waals surface area contributed by atoms with Crippen molar-refractivity contribution in [1.29, 1.82) is 0 Å². The number of phenolic OH excluding ortho intramolecular Hbond substituents is 1. The van der Waals surface area contributed by atoms with Gasteiger partial charge < -0.3 is 42.0 Å². The number of hydrogen-bond donors (Lipinski definition) is 8. The minimum Gasteiger partial charge on any atom is -0.505 e. The summed E-state index contributed by atoms with van der Waals surface area (Å²) in [5.41, 5.74) is 18.9. The van der Waals surface area contributed by atoms with Gasteiger partial charge in [-0.15, -0.1) is 25.6 Å². The van der Waals surface area contributed by atoms with E-state index in [0.29, 0.717) is 33.9 Å². The highest BCUT2D eigenvalue weighted by molar-refractivity contribution is 7.86. The first-order chi connectivity index (χ1) is 28.6. The van der Waals surface area contributed by atoms with E-state index in [-0.39, 0.29) is 53.5 Å². The molecule has 6 aromatic carbocycles. The Balaban J connectivity index is 1.44. The zero-order valence-electron chi connectivity index (χ0n) is 31.0. The van der Waals surface area contributed by atoms with E-state index in [9.17, 15) is 41.3 Å². The monoisotopic (exact) mass is 857 g/mol. The van der Waals surface area contributed by atoms with E-state index in [1.807, 2.05) is 0 Å². The van der Waals surface area contributed by atoms with Crippen LogP contribution in [0.2, 0.25) is 0 Å². The van der Waals surface area contributed by atoms with E-state index in [1.54, 1.807) is 54.6 Å². The van der Waals surface area contributed by atoms with Crippen molar-refractivity contribution in [3.05, 3.63) is 97.1 Å². The molecule has 6 rings (SSSR count). The first-order valence-corrected chi connectivity index (χ1v) is 20.2. The van der Waals surface area contributed by atoms with Crippen LogP contribution in [-0.4, -0.2) is 67.7 Å². The zero-order chi connectivity index (χ0) is 43.2. The van der Waals surface area contributed by atoms with Crippen LogP contribution in [0.1, 0.15) is 0 Å². The second kappa shape index (κ2) is 17.8. The molecule has 0 bridgehead atoms. The minimum atomic E-state index is -5.16. The summed E-state index contributed by atoms with van der Waals surface area (Å²) >= 11 is 0. The van der Waals surface area contributed by atoms with Gasteiger partial charge in [0, 0.05) is 5.69 Å². The lowest BCUT2D eigenvalue weighted by Gasteiger charge is -2.14. The number of nitrogens with two attached hydrogens (primary N) is 3. The lowest BCUT2D eigenvalue weighted by molar-refractivity contribution is 0.201. The average molecular weight is 858 g/mol. The van der Waals surface area contributed by atoms with Crippen molar-refractivity contribution < 1.29 is 50.7 Å². The van der Waals surface area contributed by atoms with E-state index in [1.165, 1.54) is 30.3 Å². The van der Waals surface area contributed by atoms with Gasteiger partial charge in [0.1, 0.15) is 62.9 Å². The largest absolute Gasteiger partial charge is 0.505 e. The maximum Gasteiger partial charge on any atom is 0.296 e. The quantitative estimate of drug-likeness (QED) is 0.0283. The van der Waals surface area contributed by atoms with Crippen LogP contribution in [0.25, 0.3) is 21.9 Å². The molecule has 0 atom stereocenters. The van der Waals surface area contributed by atoms with Gasteiger partial charge in [0.2, 0.25) is 0 Å². The summed E-state index contributed by atoms with van der Waals surface area (Å²) in [4.78, 5) is -1.88. The van der Waals surface area contributed by atoms with E-state index in [4.69, 9.17) is 26.7 Å². The van der Waals surface area contributed by atoms with Gasteiger partial charge in [0.25, 0.3) is 20.2 Å². The van der Waals surface area contributed by atoms with Crippen LogP contribution in [0.5, 0.6) is 17.2 Å². The summed E-state index contributed by atoms with van der Waals surface area (Å²) in [5, 5.41) is 54.0. The van der Waals surface area contributed by atoms with Crippen LogP contribution < -0.4 is 26.7 Å². The van der Waals surface area contributed by atoms with Crippen molar-refractivity contribution in [2.24, 2.45) is 30.7 Å². The number of phenols is 1. The number of ether oxygens (including phenoxy) is 2. The molecule has 0 aliphatic rings. The number of rotatable bonds is 15. The third-order valence-electron chi connectivity index (χ3n) is 8.42. The summed E-state index contributed by atoms with van der Waals surface area (Å²) in [5.74, 6) is -0.624. The SMILES string of the molecule is Nc1ccc(N=Nc2ccc(-c3ccc(N=Nc4c(S(=O)(=O)O)cc5cc(S(=O)(=O)O)c(N=Nc6ccccc6)c(O)c5c4N)c(OCCO)c3)cc2OCCO)c(N)c1. The summed E-state index contributed by atoms with van der Waals surface area (Å²) in [6.07, 6.45) is 0. The lowest BCUT2D eigenvalue weighted by atomic mass is 10.0.